The Morgan fingerprint density at radius 1 is 1.42 bits per heavy atom. The summed E-state index contributed by atoms with van der Waals surface area (Å²) in [5.74, 6) is 0.884. The zero-order valence-electron chi connectivity index (χ0n) is 11.6. The van der Waals surface area contributed by atoms with E-state index >= 15 is 0 Å². The van der Waals surface area contributed by atoms with E-state index in [1.807, 2.05) is 26.0 Å². The number of morpholine rings is 1. The lowest BCUT2D eigenvalue weighted by Crippen LogP contribution is -2.39. The van der Waals surface area contributed by atoms with Gasteiger partial charge in [-0.2, -0.15) is 0 Å². The van der Waals surface area contributed by atoms with Gasteiger partial charge >= 0.3 is 0 Å². The van der Waals surface area contributed by atoms with E-state index in [0.717, 1.165) is 49.3 Å². The van der Waals surface area contributed by atoms with Crippen molar-refractivity contribution in [1.82, 2.24) is 5.32 Å². The molecule has 0 aromatic heterocycles. The van der Waals surface area contributed by atoms with Crippen molar-refractivity contribution in [2.24, 2.45) is 0 Å². The van der Waals surface area contributed by atoms with Gasteiger partial charge in [-0.3, -0.25) is 4.79 Å². The summed E-state index contributed by atoms with van der Waals surface area (Å²) in [6.45, 7) is 7.17. The molecule has 1 fully saturated rings. The number of nitrogens with one attached hydrogen (secondary N) is 1. The van der Waals surface area contributed by atoms with Crippen molar-refractivity contribution in [3.8, 4) is 5.75 Å². The lowest BCUT2D eigenvalue weighted by Gasteiger charge is -2.23. The molecule has 1 unspecified atom stereocenters. The fourth-order valence-electron chi connectivity index (χ4n) is 2.38. The van der Waals surface area contributed by atoms with Crippen molar-refractivity contribution in [3.05, 3.63) is 28.8 Å². The smallest absolute Gasteiger partial charge is 0.150 e. The predicted molar refractivity (Wildman–Crippen MR) is 74.0 cm³/mol. The van der Waals surface area contributed by atoms with Gasteiger partial charge in [0, 0.05) is 25.1 Å². The Bertz CT molecular complexity index is 416. The molecule has 0 radical (unpaired) electrons. The highest BCUT2D eigenvalue weighted by molar-refractivity contribution is 5.76. The van der Waals surface area contributed by atoms with Gasteiger partial charge in [0.1, 0.15) is 12.0 Å². The van der Waals surface area contributed by atoms with Crippen LogP contribution in [-0.4, -0.2) is 38.7 Å². The van der Waals surface area contributed by atoms with E-state index < -0.39 is 0 Å². The van der Waals surface area contributed by atoms with Crippen LogP contribution in [0.4, 0.5) is 0 Å². The fraction of sp³-hybridized carbons (Fsp3) is 0.533. The number of hydrogen-bond donors (Lipinski definition) is 1. The molecule has 104 valence electrons. The van der Waals surface area contributed by atoms with Crippen LogP contribution in [0.3, 0.4) is 0 Å². The van der Waals surface area contributed by atoms with Crippen molar-refractivity contribution in [2.75, 3.05) is 26.3 Å². The number of hydrogen-bond acceptors (Lipinski definition) is 4. The summed E-state index contributed by atoms with van der Waals surface area (Å²) in [5, 5.41) is 3.30. The van der Waals surface area contributed by atoms with Gasteiger partial charge in [-0.1, -0.05) is 0 Å². The quantitative estimate of drug-likeness (QED) is 0.824. The summed E-state index contributed by atoms with van der Waals surface area (Å²) in [7, 11) is 0. The average molecular weight is 263 g/mol. The lowest BCUT2D eigenvalue weighted by molar-refractivity contribution is 0.0158. The highest BCUT2D eigenvalue weighted by Crippen LogP contribution is 2.24. The lowest BCUT2D eigenvalue weighted by atomic mass is 10.1. The number of aldehydes is 1. The zero-order chi connectivity index (χ0) is 13.7. The molecule has 0 amide bonds. The highest BCUT2D eigenvalue weighted by atomic mass is 16.5. The van der Waals surface area contributed by atoms with Gasteiger partial charge in [0.2, 0.25) is 0 Å². The second-order valence-corrected chi connectivity index (χ2v) is 4.94. The minimum absolute atomic E-state index is 0.239. The van der Waals surface area contributed by atoms with Crippen LogP contribution < -0.4 is 10.1 Å². The minimum atomic E-state index is 0.239. The van der Waals surface area contributed by atoms with Crippen LogP contribution in [0.1, 0.15) is 27.9 Å². The maximum Gasteiger partial charge on any atom is 0.150 e. The number of carbonyl (C=O) groups excluding carboxylic acids is 1. The van der Waals surface area contributed by atoms with Crippen LogP contribution in [0.25, 0.3) is 0 Å². The van der Waals surface area contributed by atoms with E-state index in [1.54, 1.807) is 0 Å². The first-order valence-corrected chi connectivity index (χ1v) is 6.72. The number of carbonyl (C=O) groups is 1. The minimum Gasteiger partial charge on any atom is -0.493 e. The summed E-state index contributed by atoms with van der Waals surface area (Å²) in [4.78, 5) is 10.8. The third-order valence-electron chi connectivity index (χ3n) is 3.31. The zero-order valence-corrected chi connectivity index (χ0v) is 11.6. The Balaban J connectivity index is 1.90. The van der Waals surface area contributed by atoms with E-state index in [9.17, 15) is 4.79 Å². The first kappa shape index (κ1) is 14.0. The molecule has 0 bridgehead atoms. The van der Waals surface area contributed by atoms with Gasteiger partial charge < -0.3 is 14.8 Å². The molecule has 1 N–H and O–H groups in total. The Morgan fingerprint density at radius 3 is 2.74 bits per heavy atom. The molecule has 4 heteroatoms. The summed E-state index contributed by atoms with van der Waals surface area (Å²) in [5.41, 5.74) is 2.71. The second kappa shape index (κ2) is 6.68. The molecule has 1 aromatic carbocycles. The number of aryl methyl sites for hydroxylation is 2. The summed E-state index contributed by atoms with van der Waals surface area (Å²) < 4.78 is 11.5. The van der Waals surface area contributed by atoms with Crippen LogP contribution >= 0.6 is 0 Å². The van der Waals surface area contributed by atoms with Crippen molar-refractivity contribution in [2.45, 2.75) is 26.4 Å². The molecule has 1 saturated heterocycles. The maximum atomic E-state index is 10.8. The molecule has 2 rings (SSSR count). The highest BCUT2D eigenvalue weighted by Gasteiger charge is 2.14. The number of ether oxygens (including phenoxy) is 2. The molecule has 1 heterocycles. The second-order valence-electron chi connectivity index (χ2n) is 4.94. The van der Waals surface area contributed by atoms with Crippen LogP contribution in [0.2, 0.25) is 0 Å². The number of benzene rings is 1. The Hall–Kier alpha value is -1.39. The van der Waals surface area contributed by atoms with Crippen molar-refractivity contribution in [3.63, 3.8) is 0 Å². The molecule has 1 aliphatic heterocycles. The number of rotatable bonds is 5. The molecule has 4 nitrogen and oxygen atoms in total. The van der Waals surface area contributed by atoms with Gasteiger partial charge in [-0.25, -0.2) is 0 Å². The normalized spacial score (nSPS) is 19.2. The van der Waals surface area contributed by atoms with E-state index in [2.05, 4.69) is 5.32 Å². The molecule has 0 aliphatic carbocycles. The Kier molecular flexibility index (Phi) is 4.93. The summed E-state index contributed by atoms with van der Waals surface area (Å²) in [6.07, 6.45) is 1.98. The molecular formula is C15H21NO3. The maximum absolute atomic E-state index is 10.8. The van der Waals surface area contributed by atoms with Crippen molar-refractivity contribution >= 4 is 6.29 Å². The van der Waals surface area contributed by atoms with Crippen LogP contribution in [0, 0.1) is 13.8 Å². The first-order valence-electron chi connectivity index (χ1n) is 6.72. The van der Waals surface area contributed by atoms with E-state index in [-0.39, 0.29) is 6.10 Å². The first-order chi connectivity index (χ1) is 9.20. The van der Waals surface area contributed by atoms with E-state index in [1.165, 1.54) is 0 Å². The van der Waals surface area contributed by atoms with Gasteiger partial charge in [-0.05, 0) is 37.1 Å². The summed E-state index contributed by atoms with van der Waals surface area (Å²) >= 11 is 0. The average Bonchev–Trinajstić information content (AvgIpc) is 2.42. The monoisotopic (exact) mass is 263 g/mol. The standard InChI is InChI=1S/C15H21NO3/c1-11-7-13(10-17)8-12(2)15(11)19-5-3-14-9-16-4-6-18-14/h7-8,10,14,16H,3-6,9H2,1-2H3. The van der Waals surface area contributed by atoms with Gasteiger partial charge in [0.05, 0.1) is 19.3 Å². The van der Waals surface area contributed by atoms with Gasteiger partial charge in [0.15, 0.2) is 0 Å². The third-order valence-corrected chi connectivity index (χ3v) is 3.31. The van der Waals surface area contributed by atoms with Gasteiger partial charge in [-0.15, -0.1) is 0 Å². The Morgan fingerprint density at radius 2 is 2.16 bits per heavy atom. The third kappa shape index (κ3) is 3.78. The van der Waals surface area contributed by atoms with Crippen LogP contribution in [-0.2, 0) is 4.74 Å². The van der Waals surface area contributed by atoms with Crippen LogP contribution in [0.5, 0.6) is 5.75 Å². The molecular weight excluding hydrogens is 242 g/mol. The Labute approximate surface area is 114 Å². The topological polar surface area (TPSA) is 47.6 Å². The summed E-state index contributed by atoms with van der Waals surface area (Å²) in [6, 6.07) is 3.71. The van der Waals surface area contributed by atoms with Crippen LogP contribution in [0.15, 0.2) is 12.1 Å². The largest absolute Gasteiger partial charge is 0.493 e. The fourth-order valence-corrected chi connectivity index (χ4v) is 2.38. The van der Waals surface area contributed by atoms with Crippen molar-refractivity contribution in [1.29, 1.82) is 0 Å². The molecule has 0 spiro atoms. The van der Waals surface area contributed by atoms with E-state index in [4.69, 9.17) is 9.47 Å². The SMILES string of the molecule is Cc1cc(C=O)cc(C)c1OCCC1CNCCO1. The molecule has 19 heavy (non-hydrogen) atoms. The van der Waals surface area contributed by atoms with E-state index in [0.29, 0.717) is 12.2 Å². The van der Waals surface area contributed by atoms with Crippen molar-refractivity contribution < 1.29 is 14.3 Å². The molecule has 1 atom stereocenters. The van der Waals surface area contributed by atoms with Gasteiger partial charge in [0.25, 0.3) is 0 Å². The molecule has 0 saturated carbocycles. The predicted octanol–water partition coefficient (Wildman–Crippen LogP) is 1.87. The molecule has 1 aliphatic rings. The molecule has 1 aromatic rings.